The molecule has 0 amide bonds. The van der Waals surface area contributed by atoms with Crippen LogP contribution in [0.4, 0.5) is 5.69 Å². The van der Waals surface area contributed by atoms with Crippen molar-refractivity contribution in [2.75, 3.05) is 0 Å². The van der Waals surface area contributed by atoms with Gasteiger partial charge in [0.25, 0.3) is 0 Å². The number of aliphatic imine (C=N–C) groups is 1. The summed E-state index contributed by atoms with van der Waals surface area (Å²) in [6, 6.07) is 16.1. The molecule has 2 aromatic carbocycles. The smallest absolute Gasteiger partial charge is 0.166 e. The van der Waals surface area contributed by atoms with Crippen molar-refractivity contribution < 1.29 is 9.52 Å². The topological polar surface area (TPSA) is 45.7 Å². The molecule has 0 spiro atoms. The van der Waals surface area contributed by atoms with E-state index in [9.17, 15) is 5.11 Å². The third-order valence-electron chi connectivity index (χ3n) is 3.09. The predicted molar refractivity (Wildman–Crippen MR) is 91.8 cm³/mol. The van der Waals surface area contributed by atoms with Crippen LogP contribution in [0.1, 0.15) is 5.56 Å². The van der Waals surface area contributed by atoms with Gasteiger partial charge in [-0.1, -0.05) is 23.7 Å². The van der Waals surface area contributed by atoms with Gasteiger partial charge in [0.1, 0.15) is 17.2 Å². The summed E-state index contributed by atoms with van der Waals surface area (Å²) in [5.74, 6) is 0.807. The largest absolute Gasteiger partial charge is 0.506 e. The van der Waals surface area contributed by atoms with Crippen LogP contribution in [-0.4, -0.2) is 11.3 Å². The maximum absolute atomic E-state index is 9.70. The Kier molecular flexibility index (Phi) is 4.22. The average Bonchev–Trinajstić information content (AvgIpc) is 2.88. The molecule has 0 unspecified atom stereocenters. The number of halogens is 1. The average molecular weight is 330 g/mol. The van der Waals surface area contributed by atoms with E-state index in [2.05, 4.69) is 17.6 Å². The highest BCUT2D eigenvalue weighted by Crippen LogP contribution is 2.29. The molecule has 1 N–H and O–H groups in total. The fourth-order valence-corrected chi connectivity index (χ4v) is 2.30. The van der Waals surface area contributed by atoms with Crippen LogP contribution in [0.5, 0.6) is 5.75 Å². The van der Waals surface area contributed by atoms with Crippen LogP contribution in [0.25, 0.3) is 11.3 Å². The second kappa shape index (κ2) is 6.30. The number of phenolic OH excluding ortho intramolecular Hbond substituents is 1. The first-order valence-electron chi connectivity index (χ1n) is 6.54. The van der Waals surface area contributed by atoms with Crippen LogP contribution in [0, 0.1) is 0 Å². The molecule has 0 aliphatic rings. The second-order valence-corrected chi connectivity index (χ2v) is 5.47. The van der Waals surface area contributed by atoms with Crippen molar-refractivity contribution in [3.63, 3.8) is 0 Å². The van der Waals surface area contributed by atoms with Crippen molar-refractivity contribution in [1.82, 2.24) is 0 Å². The van der Waals surface area contributed by atoms with Crippen LogP contribution in [0.15, 0.2) is 69.1 Å². The van der Waals surface area contributed by atoms with E-state index < -0.39 is 0 Å². The lowest BCUT2D eigenvalue weighted by Crippen LogP contribution is -1.77. The molecule has 3 aromatic rings. The number of hydrogen-bond donors (Lipinski definition) is 2. The number of rotatable bonds is 3. The Hall–Kier alpha value is -2.17. The van der Waals surface area contributed by atoms with Crippen molar-refractivity contribution in [2.24, 2.45) is 4.99 Å². The predicted octanol–water partition coefficient (Wildman–Crippen LogP) is 5.34. The Bertz CT molecular complexity index is 825. The first kappa shape index (κ1) is 14.8. The van der Waals surface area contributed by atoms with Crippen molar-refractivity contribution in [1.29, 1.82) is 0 Å². The molecule has 0 aliphatic heterocycles. The Morgan fingerprint density at radius 2 is 1.82 bits per heavy atom. The lowest BCUT2D eigenvalue weighted by atomic mass is 10.1. The molecular formula is C17H12ClNO2S. The maximum Gasteiger partial charge on any atom is 0.166 e. The molecule has 0 atom stereocenters. The summed E-state index contributed by atoms with van der Waals surface area (Å²) >= 11 is 10.2. The fraction of sp³-hybridized carbons (Fsp3) is 0. The van der Waals surface area contributed by atoms with Gasteiger partial charge in [0.05, 0.1) is 0 Å². The lowest BCUT2D eigenvalue weighted by molar-refractivity contribution is 0.477. The molecule has 5 heteroatoms. The Balaban J connectivity index is 1.90. The summed E-state index contributed by atoms with van der Waals surface area (Å²) in [5.41, 5.74) is 2.13. The highest BCUT2D eigenvalue weighted by molar-refractivity contribution is 7.80. The fourth-order valence-electron chi connectivity index (χ4n) is 1.96. The SMILES string of the molecule is Oc1ccccc1N=Cc1cc(-c2ccc(Cl)cc2)oc1S. The minimum Gasteiger partial charge on any atom is -0.506 e. The Morgan fingerprint density at radius 1 is 1.09 bits per heavy atom. The van der Waals surface area contributed by atoms with E-state index in [1.54, 1.807) is 36.5 Å². The van der Waals surface area contributed by atoms with Crippen LogP contribution in [-0.2, 0) is 0 Å². The van der Waals surface area contributed by atoms with Gasteiger partial charge in [-0.25, -0.2) is 0 Å². The van der Waals surface area contributed by atoms with E-state index in [-0.39, 0.29) is 5.75 Å². The normalized spacial score (nSPS) is 11.2. The van der Waals surface area contributed by atoms with E-state index in [1.165, 1.54) is 0 Å². The van der Waals surface area contributed by atoms with Crippen molar-refractivity contribution in [2.45, 2.75) is 5.09 Å². The molecule has 0 saturated carbocycles. The number of benzene rings is 2. The number of phenols is 1. The molecule has 0 bridgehead atoms. The number of furan rings is 1. The first-order chi connectivity index (χ1) is 10.6. The van der Waals surface area contributed by atoms with Gasteiger partial charge in [-0.2, -0.15) is 0 Å². The van der Waals surface area contributed by atoms with E-state index in [0.717, 1.165) is 11.1 Å². The van der Waals surface area contributed by atoms with Gasteiger partial charge >= 0.3 is 0 Å². The zero-order chi connectivity index (χ0) is 15.5. The van der Waals surface area contributed by atoms with E-state index >= 15 is 0 Å². The number of aromatic hydroxyl groups is 1. The Labute approximate surface area is 138 Å². The number of thiol groups is 1. The number of hydrogen-bond acceptors (Lipinski definition) is 4. The van der Waals surface area contributed by atoms with Gasteiger partial charge in [-0.3, -0.25) is 4.99 Å². The lowest BCUT2D eigenvalue weighted by Gasteiger charge is -1.96. The molecule has 1 aromatic heterocycles. The Morgan fingerprint density at radius 3 is 2.55 bits per heavy atom. The molecule has 0 fully saturated rings. The van der Waals surface area contributed by atoms with Gasteiger partial charge in [0.15, 0.2) is 5.09 Å². The van der Waals surface area contributed by atoms with E-state index in [1.807, 2.05) is 24.3 Å². The van der Waals surface area contributed by atoms with Gasteiger partial charge < -0.3 is 9.52 Å². The van der Waals surface area contributed by atoms with Crippen molar-refractivity contribution in [3.05, 3.63) is 65.2 Å². The standard InChI is InChI=1S/C17H12ClNO2S/c18-13-7-5-11(6-8-13)16-9-12(17(22)21-16)10-19-14-3-1-2-4-15(14)20/h1-10,20,22H. The van der Waals surface area contributed by atoms with Crippen LogP contribution in [0.3, 0.4) is 0 Å². The number of para-hydroxylation sites is 2. The van der Waals surface area contributed by atoms with Crippen LogP contribution < -0.4 is 0 Å². The van der Waals surface area contributed by atoms with E-state index in [4.69, 9.17) is 16.0 Å². The van der Waals surface area contributed by atoms with Gasteiger partial charge in [-0.05, 0) is 42.5 Å². The van der Waals surface area contributed by atoms with Gasteiger partial charge in [0, 0.05) is 22.4 Å². The monoisotopic (exact) mass is 329 g/mol. The molecule has 22 heavy (non-hydrogen) atoms. The molecule has 3 rings (SSSR count). The summed E-state index contributed by atoms with van der Waals surface area (Å²) in [7, 11) is 0. The van der Waals surface area contributed by atoms with E-state index in [0.29, 0.717) is 21.6 Å². The van der Waals surface area contributed by atoms with Crippen LogP contribution >= 0.6 is 24.2 Å². The highest BCUT2D eigenvalue weighted by Gasteiger charge is 2.08. The number of nitrogens with zero attached hydrogens (tertiary/aromatic N) is 1. The summed E-state index contributed by atoms with van der Waals surface area (Å²) < 4.78 is 5.63. The molecule has 3 nitrogen and oxygen atoms in total. The highest BCUT2D eigenvalue weighted by atomic mass is 35.5. The summed E-state index contributed by atoms with van der Waals surface area (Å²) in [6.07, 6.45) is 1.61. The summed E-state index contributed by atoms with van der Waals surface area (Å²) in [4.78, 5) is 4.25. The minimum atomic E-state index is 0.126. The first-order valence-corrected chi connectivity index (χ1v) is 7.37. The van der Waals surface area contributed by atoms with Crippen molar-refractivity contribution in [3.8, 4) is 17.1 Å². The quantitative estimate of drug-likeness (QED) is 0.503. The second-order valence-electron chi connectivity index (χ2n) is 4.62. The third-order valence-corrected chi connectivity index (χ3v) is 3.69. The van der Waals surface area contributed by atoms with Gasteiger partial charge in [0.2, 0.25) is 0 Å². The molecule has 1 heterocycles. The van der Waals surface area contributed by atoms with Crippen molar-refractivity contribution >= 4 is 36.1 Å². The molecular weight excluding hydrogens is 318 g/mol. The van der Waals surface area contributed by atoms with Gasteiger partial charge in [-0.15, -0.1) is 12.6 Å². The molecule has 0 saturated heterocycles. The zero-order valence-electron chi connectivity index (χ0n) is 11.4. The minimum absolute atomic E-state index is 0.126. The summed E-state index contributed by atoms with van der Waals surface area (Å²) in [6.45, 7) is 0. The van der Waals surface area contributed by atoms with Crippen LogP contribution in [0.2, 0.25) is 5.02 Å². The molecule has 0 aliphatic carbocycles. The maximum atomic E-state index is 9.70. The zero-order valence-corrected chi connectivity index (χ0v) is 13.1. The molecule has 0 radical (unpaired) electrons. The third kappa shape index (κ3) is 3.18. The summed E-state index contributed by atoms with van der Waals surface area (Å²) in [5, 5.41) is 10.8. The molecule has 110 valence electrons.